The van der Waals surface area contributed by atoms with Crippen LogP contribution in [0.25, 0.3) is 0 Å². The van der Waals surface area contributed by atoms with Crippen LogP contribution in [-0.2, 0) is 4.79 Å². The standard InChI is InChI=1S/C11H22N2O/c1-5-8(2)10-6-7-13(12-4)11(10)9(3)14/h8,10-12H,5-7H2,1-4H3. The van der Waals surface area contributed by atoms with E-state index in [0.29, 0.717) is 17.6 Å². The zero-order valence-corrected chi connectivity index (χ0v) is 9.71. The molecular formula is C11H22N2O. The first-order valence-corrected chi connectivity index (χ1v) is 5.56. The van der Waals surface area contributed by atoms with Crippen molar-refractivity contribution < 1.29 is 4.79 Å². The van der Waals surface area contributed by atoms with E-state index in [1.54, 1.807) is 6.92 Å². The van der Waals surface area contributed by atoms with E-state index in [2.05, 4.69) is 24.3 Å². The van der Waals surface area contributed by atoms with E-state index >= 15 is 0 Å². The lowest BCUT2D eigenvalue weighted by molar-refractivity contribution is -0.123. The number of hydrazine groups is 1. The summed E-state index contributed by atoms with van der Waals surface area (Å²) < 4.78 is 0. The van der Waals surface area contributed by atoms with Crippen molar-refractivity contribution in [1.82, 2.24) is 10.4 Å². The molecule has 0 amide bonds. The van der Waals surface area contributed by atoms with Crippen LogP contribution in [0.5, 0.6) is 0 Å². The second-order valence-electron chi connectivity index (χ2n) is 4.31. The van der Waals surface area contributed by atoms with Gasteiger partial charge in [-0.1, -0.05) is 20.3 Å². The number of carbonyl (C=O) groups excluding carboxylic acids is 1. The zero-order valence-electron chi connectivity index (χ0n) is 9.71. The van der Waals surface area contributed by atoms with Crippen molar-refractivity contribution in [3.8, 4) is 0 Å². The molecule has 0 aromatic heterocycles. The minimum Gasteiger partial charge on any atom is -0.298 e. The summed E-state index contributed by atoms with van der Waals surface area (Å²) in [6.45, 7) is 7.15. The normalized spacial score (nSPS) is 30.6. The molecule has 1 fully saturated rings. The highest BCUT2D eigenvalue weighted by Crippen LogP contribution is 2.31. The van der Waals surface area contributed by atoms with Gasteiger partial charge in [-0.05, 0) is 32.2 Å². The van der Waals surface area contributed by atoms with Gasteiger partial charge in [0.2, 0.25) is 0 Å². The summed E-state index contributed by atoms with van der Waals surface area (Å²) in [5, 5.41) is 2.08. The van der Waals surface area contributed by atoms with Gasteiger partial charge in [0.05, 0.1) is 6.04 Å². The van der Waals surface area contributed by atoms with Gasteiger partial charge in [-0.15, -0.1) is 0 Å². The van der Waals surface area contributed by atoms with Gasteiger partial charge >= 0.3 is 0 Å². The molecule has 0 spiro atoms. The molecule has 82 valence electrons. The maximum Gasteiger partial charge on any atom is 0.148 e. The van der Waals surface area contributed by atoms with Gasteiger partial charge in [-0.2, -0.15) is 0 Å². The molecule has 1 N–H and O–H groups in total. The molecule has 3 unspecified atom stereocenters. The highest BCUT2D eigenvalue weighted by molar-refractivity contribution is 5.82. The first-order valence-electron chi connectivity index (χ1n) is 5.56. The summed E-state index contributed by atoms with van der Waals surface area (Å²) in [7, 11) is 1.90. The summed E-state index contributed by atoms with van der Waals surface area (Å²) >= 11 is 0. The zero-order chi connectivity index (χ0) is 10.7. The second kappa shape index (κ2) is 4.89. The Kier molecular flexibility index (Phi) is 4.08. The Bertz CT molecular complexity index is 205. The average molecular weight is 198 g/mol. The van der Waals surface area contributed by atoms with E-state index < -0.39 is 0 Å². The number of hydrogen-bond donors (Lipinski definition) is 1. The third-order valence-corrected chi connectivity index (χ3v) is 3.52. The van der Waals surface area contributed by atoms with Crippen LogP contribution in [0.15, 0.2) is 0 Å². The van der Waals surface area contributed by atoms with Gasteiger partial charge in [-0.25, -0.2) is 5.01 Å². The van der Waals surface area contributed by atoms with Gasteiger partial charge in [0.15, 0.2) is 0 Å². The largest absolute Gasteiger partial charge is 0.298 e. The predicted molar refractivity (Wildman–Crippen MR) is 57.8 cm³/mol. The molecule has 0 aliphatic carbocycles. The Morgan fingerprint density at radius 3 is 2.71 bits per heavy atom. The minimum atomic E-state index is 0.0925. The van der Waals surface area contributed by atoms with E-state index in [-0.39, 0.29) is 6.04 Å². The molecule has 1 aliphatic rings. The molecular weight excluding hydrogens is 176 g/mol. The van der Waals surface area contributed by atoms with Crippen LogP contribution in [0.4, 0.5) is 0 Å². The van der Waals surface area contributed by atoms with Crippen LogP contribution in [0.1, 0.15) is 33.6 Å². The number of Topliss-reactive ketones (excluding diaryl/α,β-unsaturated/α-hetero) is 1. The van der Waals surface area contributed by atoms with Crippen LogP contribution in [-0.4, -0.2) is 30.4 Å². The van der Waals surface area contributed by atoms with E-state index in [4.69, 9.17) is 0 Å². The van der Waals surface area contributed by atoms with Gasteiger partial charge in [-0.3, -0.25) is 10.2 Å². The van der Waals surface area contributed by atoms with Crippen molar-refractivity contribution in [2.45, 2.75) is 39.7 Å². The van der Waals surface area contributed by atoms with Crippen molar-refractivity contribution in [1.29, 1.82) is 0 Å². The van der Waals surface area contributed by atoms with Crippen LogP contribution < -0.4 is 5.43 Å². The molecule has 3 heteroatoms. The second-order valence-corrected chi connectivity index (χ2v) is 4.31. The van der Waals surface area contributed by atoms with E-state index in [0.717, 1.165) is 19.4 Å². The van der Waals surface area contributed by atoms with Crippen molar-refractivity contribution in [3.63, 3.8) is 0 Å². The molecule has 1 rings (SSSR count). The number of nitrogens with zero attached hydrogens (tertiary/aromatic N) is 1. The molecule has 14 heavy (non-hydrogen) atoms. The molecule has 1 aliphatic heterocycles. The fourth-order valence-corrected chi connectivity index (χ4v) is 2.49. The predicted octanol–water partition coefficient (Wildman–Crippen LogP) is 1.45. The molecule has 0 bridgehead atoms. The number of carbonyl (C=O) groups is 1. The molecule has 3 nitrogen and oxygen atoms in total. The molecule has 0 aromatic carbocycles. The molecule has 1 heterocycles. The number of ketones is 1. The van der Waals surface area contributed by atoms with Crippen LogP contribution in [0.2, 0.25) is 0 Å². The average Bonchev–Trinajstić information content (AvgIpc) is 2.59. The van der Waals surface area contributed by atoms with Crippen molar-refractivity contribution >= 4 is 5.78 Å². The number of hydrogen-bond acceptors (Lipinski definition) is 3. The maximum atomic E-state index is 11.6. The molecule has 1 saturated heterocycles. The quantitative estimate of drug-likeness (QED) is 0.742. The van der Waals surface area contributed by atoms with Crippen LogP contribution in [0, 0.1) is 11.8 Å². The highest BCUT2D eigenvalue weighted by atomic mass is 16.1. The Labute approximate surface area is 86.8 Å². The van der Waals surface area contributed by atoms with E-state index in [9.17, 15) is 4.79 Å². The van der Waals surface area contributed by atoms with Gasteiger partial charge < -0.3 is 0 Å². The fourth-order valence-electron chi connectivity index (χ4n) is 2.49. The third-order valence-electron chi connectivity index (χ3n) is 3.52. The minimum absolute atomic E-state index is 0.0925. The summed E-state index contributed by atoms with van der Waals surface area (Å²) in [6.07, 6.45) is 2.30. The van der Waals surface area contributed by atoms with Crippen molar-refractivity contribution in [3.05, 3.63) is 0 Å². The molecule has 0 saturated carbocycles. The van der Waals surface area contributed by atoms with Crippen LogP contribution >= 0.6 is 0 Å². The Morgan fingerprint density at radius 2 is 2.29 bits per heavy atom. The summed E-state index contributed by atoms with van der Waals surface area (Å²) in [4.78, 5) is 11.6. The van der Waals surface area contributed by atoms with Gasteiger partial charge in [0.25, 0.3) is 0 Å². The summed E-state index contributed by atoms with van der Waals surface area (Å²) in [5.74, 6) is 1.47. The topological polar surface area (TPSA) is 32.3 Å². The molecule has 0 radical (unpaired) electrons. The highest BCUT2D eigenvalue weighted by Gasteiger charge is 2.38. The Morgan fingerprint density at radius 1 is 1.64 bits per heavy atom. The number of rotatable bonds is 4. The van der Waals surface area contributed by atoms with E-state index in [1.807, 2.05) is 7.05 Å². The summed E-state index contributed by atoms with van der Waals surface area (Å²) in [6, 6.07) is 0.0925. The van der Waals surface area contributed by atoms with Crippen LogP contribution in [0.3, 0.4) is 0 Å². The van der Waals surface area contributed by atoms with Crippen molar-refractivity contribution in [2.24, 2.45) is 11.8 Å². The monoisotopic (exact) mass is 198 g/mol. The molecule has 0 aromatic rings. The maximum absolute atomic E-state index is 11.6. The Hall–Kier alpha value is -0.410. The smallest absolute Gasteiger partial charge is 0.148 e. The first-order chi connectivity index (χ1) is 6.61. The first kappa shape index (κ1) is 11.7. The Balaban J connectivity index is 2.72. The lowest BCUT2D eigenvalue weighted by Crippen LogP contribution is -2.46. The van der Waals surface area contributed by atoms with E-state index in [1.165, 1.54) is 0 Å². The number of nitrogens with one attached hydrogen (secondary N) is 1. The SMILES string of the molecule is CCC(C)C1CCN(NC)C1C(C)=O. The van der Waals surface area contributed by atoms with Crippen molar-refractivity contribution in [2.75, 3.05) is 13.6 Å². The molecule has 3 atom stereocenters. The van der Waals surface area contributed by atoms with Gasteiger partial charge in [0.1, 0.15) is 5.78 Å². The fraction of sp³-hybridized carbons (Fsp3) is 0.909. The summed E-state index contributed by atoms with van der Waals surface area (Å²) in [5.41, 5.74) is 3.12. The lowest BCUT2D eigenvalue weighted by Gasteiger charge is -2.28. The third kappa shape index (κ3) is 2.15. The van der Waals surface area contributed by atoms with Gasteiger partial charge in [0, 0.05) is 6.54 Å². The lowest BCUT2D eigenvalue weighted by atomic mass is 9.84.